The molecule has 0 aromatic heterocycles. The molecule has 1 aromatic carbocycles. The number of esters is 1. The number of anilines is 1. The molecule has 0 aliphatic heterocycles. The second kappa shape index (κ2) is 3.74. The van der Waals surface area contributed by atoms with Crippen molar-refractivity contribution in [1.82, 2.24) is 0 Å². The molecule has 1 aromatic rings. The van der Waals surface area contributed by atoms with Gasteiger partial charge in [0.15, 0.2) is 0 Å². The Morgan fingerprint density at radius 2 is 2.23 bits per heavy atom. The van der Waals surface area contributed by atoms with Crippen molar-refractivity contribution in [3.05, 3.63) is 28.0 Å². The van der Waals surface area contributed by atoms with Gasteiger partial charge < -0.3 is 10.5 Å². The Morgan fingerprint density at radius 3 is 2.77 bits per heavy atom. The Morgan fingerprint density at radius 1 is 1.62 bits per heavy atom. The standard InChI is InChI=1S/C8H7BrFNO2/c1-13-8(12)5-2-4(9)3-6(10)7(5)11/h2-3H,11H2,1H3. The first-order valence-corrected chi connectivity index (χ1v) is 4.18. The summed E-state index contributed by atoms with van der Waals surface area (Å²) in [5.74, 6) is -1.30. The zero-order valence-electron chi connectivity index (χ0n) is 6.80. The summed E-state index contributed by atoms with van der Waals surface area (Å²) in [6.45, 7) is 0. The van der Waals surface area contributed by atoms with E-state index in [9.17, 15) is 9.18 Å². The molecule has 0 aliphatic rings. The van der Waals surface area contributed by atoms with Gasteiger partial charge in [0.05, 0.1) is 18.4 Å². The van der Waals surface area contributed by atoms with Crippen molar-refractivity contribution >= 4 is 27.6 Å². The second-order valence-corrected chi connectivity index (χ2v) is 3.26. The molecule has 0 heterocycles. The van der Waals surface area contributed by atoms with Crippen LogP contribution in [0.25, 0.3) is 0 Å². The number of benzene rings is 1. The first-order chi connectivity index (χ1) is 6.06. The Bertz CT molecular complexity index is 354. The van der Waals surface area contributed by atoms with Crippen molar-refractivity contribution < 1.29 is 13.9 Å². The number of rotatable bonds is 1. The largest absolute Gasteiger partial charge is 0.465 e. The van der Waals surface area contributed by atoms with Crippen LogP contribution in [0.4, 0.5) is 10.1 Å². The highest BCUT2D eigenvalue weighted by Gasteiger charge is 2.14. The highest BCUT2D eigenvalue weighted by Crippen LogP contribution is 2.22. The minimum absolute atomic E-state index is 0.0226. The molecule has 2 N–H and O–H groups in total. The maximum Gasteiger partial charge on any atom is 0.340 e. The van der Waals surface area contributed by atoms with Crippen molar-refractivity contribution in [3.8, 4) is 0 Å². The summed E-state index contributed by atoms with van der Waals surface area (Å²) in [5.41, 5.74) is 5.15. The molecule has 70 valence electrons. The smallest absolute Gasteiger partial charge is 0.340 e. The van der Waals surface area contributed by atoms with Gasteiger partial charge in [-0.2, -0.15) is 0 Å². The lowest BCUT2D eigenvalue weighted by Gasteiger charge is -2.04. The molecule has 5 heteroatoms. The number of halogens is 2. The molecule has 3 nitrogen and oxygen atoms in total. The molecule has 0 saturated heterocycles. The summed E-state index contributed by atoms with van der Waals surface area (Å²) in [7, 11) is 1.21. The molecule has 13 heavy (non-hydrogen) atoms. The van der Waals surface area contributed by atoms with Gasteiger partial charge >= 0.3 is 5.97 Å². The Labute approximate surface area is 82.8 Å². The second-order valence-electron chi connectivity index (χ2n) is 2.34. The van der Waals surface area contributed by atoms with Gasteiger partial charge in [-0.25, -0.2) is 9.18 Å². The number of carbonyl (C=O) groups excluding carboxylic acids is 1. The molecule has 0 atom stereocenters. The van der Waals surface area contributed by atoms with E-state index in [0.717, 1.165) is 0 Å². The van der Waals surface area contributed by atoms with Crippen molar-refractivity contribution in [2.75, 3.05) is 12.8 Å². The monoisotopic (exact) mass is 247 g/mol. The van der Waals surface area contributed by atoms with Crippen LogP contribution in [0.5, 0.6) is 0 Å². The fraction of sp³-hybridized carbons (Fsp3) is 0.125. The topological polar surface area (TPSA) is 52.3 Å². The molecular formula is C8H7BrFNO2. The normalized spacial score (nSPS) is 9.77. The van der Waals surface area contributed by atoms with E-state index in [1.807, 2.05) is 0 Å². The molecule has 1 rings (SSSR count). The van der Waals surface area contributed by atoms with E-state index >= 15 is 0 Å². The lowest BCUT2D eigenvalue weighted by atomic mass is 10.2. The Hall–Kier alpha value is -1.10. The van der Waals surface area contributed by atoms with E-state index in [2.05, 4.69) is 20.7 Å². The first kappa shape index (κ1) is 9.98. The van der Waals surface area contributed by atoms with Crippen LogP contribution in [0.3, 0.4) is 0 Å². The van der Waals surface area contributed by atoms with Crippen LogP contribution in [0.15, 0.2) is 16.6 Å². The summed E-state index contributed by atoms with van der Waals surface area (Å²) >= 11 is 3.04. The van der Waals surface area contributed by atoms with Crippen LogP contribution in [-0.4, -0.2) is 13.1 Å². The minimum atomic E-state index is -0.655. The van der Waals surface area contributed by atoms with Gasteiger partial charge in [-0.3, -0.25) is 0 Å². The molecule has 0 unspecified atom stereocenters. The average molecular weight is 248 g/mol. The van der Waals surface area contributed by atoms with Crippen molar-refractivity contribution in [3.63, 3.8) is 0 Å². The third kappa shape index (κ3) is 1.98. The quantitative estimate of drug-likeness (QED) is 0.610. The van der Waals surface area contributed by atoms with Crippen molar-refractivity contribution in [2.45, 2.75) is 0 Å². The van der Waals surface area contributed by atoms with Gasteiger partial charge in [-0.1, -0.05) is 15.9 Å². The molecule has 0 spiro atoms. The molecule has 0 fully saturated rings. The van der Waals surface area contributed by atoms with Gasteiger partial charge in [0.2, 0.25) is 0 Å². The fourth-order valence-electron chi connectivity index (χ4n) is 0.864. The summed E-state index contributed by atoms with van der Waals surface area (Å²) in [5, 5.41) is 0. The van der Waals surface area contributed by atoms with Gasteiger partial charge in [-0.15, -0.1) is 0 Å². The first-order valence-electron chi connectivity index (χ1n) is 3.39. The summed E-state index contributed by atoms with van der Waals surface area (Å²) in [4.78, 5) is 11.0. The number of hydrogen-bond donors (Lipinski definition) is 1. The van der Waals surface area contributed by atoms with Crippen molar-refractivity contribution in [1.29, 1.82) is 0 Å². The Kier molecular flexibility index (Phi) is 2.87. The van der Waals surface area contributed by atoms with Gasteiger partial charge in [-0.05, 0) is 12.1 Å². The summed E-state index contributed by atoms with van der Waals surface area (Å²) < 4.78 is 17.8. The molecule has 0 aliphatic carbocycles. The molecule has 0 radical (unpaired) electrons. The molecule has 0 amide bonds. The fourth-order valence-corrected chi connectivity index (χ4v) is 1.29. The molecule has 0 bridgehead atoms. The Balaban J connectivity index is 3.28. The van der Waals surface area contributed by atoms with Crippen LogP contribution in [0.2, 0.25) is 0 Å². The summed E-state index contributed by atoms with van der Waals surface area (Å²) in [6.07, 6.45) is 0. The molecule has 0 saturated carbocycles. The number of nitrogens with two attached hydrogens (primary N) is 1. The van der Waals surface area contributed by atoms with E-state index in [0.29, 0.717) is 4.47 Å². The maximum atomic E-state index is 13.0. The predicted molar refractivity (Wildman–Crippen MR) is 49.9 cm³/mol. The van der Waals surface area contributed by atoms with Crippen LogP contribution in [0.1, 0.15) is 10.4 Å². The lowest BCUT2D eigenvalue weighted by Crippen LogP contribution is -2.07. The van der Waals surface area contributed by atoms with Crippen LogP contribution in [-0.2, 0) is 4.74 Å². The maximum absolute atomic E-state index is 13.0. The number of nitrogen functional groups attached to an aromatic ring is 1. The van der Waals surface area contributed by atoms with E-state index in [1.54, 1.807) is 0 Å². The van der Waals surface area contributed by atoms with Gasteiger partial charge in [0.25, 0.3) is 0 Å². The van der Waals surface area contributed by atoms with Crippen LogP contribution < -0.4 is 5.73 Å². The number of ether oxygens (including phenoxy) is 1. The van der Waals surface area contributed by atoms with Crippen LogP contribution >= 0.6 is 15.9 Å². The van der Waals surface area contributed by atoms with Crippen molar-refractivity contribution in [2.24, 2.45) is 0 Å². The highest BCUT2D eigenvalue weighted by atomic mass is 79.9. The van der Waals surface area contributed by atoms with E-state index in [1.165, 1.54) is 19.2 Å². The predicted octanol–water partition coefficient (Wildman–Crippen LogP) is 1.96. The van der Waals surface area contributed by atoms with Gasteiger partial charge in [0, 0.05) is 4.47 Å². The summed E-state index contributed by atoms with van der Waals surface area (Å²) in [6, 6.07) is 2.59. The van der Waals surface area contributed by atoms with E-state index in [-0.39, 0.29) is 11.3 Å². The number of hydrogen-bond acceptors (Lipinski definition) is 3. The van der Waals surface area contributed by atoms with E-state index < -0.39 is 11.8 Å². The zero-order valence-corrected chi connectivity index (χ0v) is 8.39. The SMILES string of the molecule is COC(=O)c1cc(Br)cc(F)c1N. The third-order valence-corrected chi connectivity index (χ3v) is 1.96. The number of methoxy groups -OCH3 is 1. The van der Waals surface area contributed by atoms with Crippen LogP contribution in [0, 0.1) is 5.82 Å². The van der Waals surface area contributed by atoms with E-state index in [4.69, 9.17) is 5.73 Å². The molecular weight excluding hydrogens is 241 g/mol. The van der Waals surface area contributed by atoms with Gasteiger partial charge in [0.1, 0.15) is 5.82 Å². The third-order valence-electron chi connectivity index (χ3n) is 1.50. The highest BCUT2D eigenvalue weighted by molar-refractivity contribution is 9.10. The zero-order chi connectivity index (χ0) is 10.0. The average Bonchev–Trinajstić information content (AvgIpc) is 2.10. The number of carbonyl (C=O) groups is 1. The lowest BCUT2D eigenvalue weighted by molar-refractivity contribution is 0.0601. The minimum Gasteiger partial charge on any atom is -0.465 e.